The zero-order valence-corrected chi connectivity index (χ0v) is 5.90. The second-order valence-electron chi connectivity index (χ2n) is 2.26. The summed E-state index contributed by atoms with van der Waals surface area (Å²) in [6.07, 6.45) is 2.35. The summed E-state index contributed by atoms with van der Waals surface area (Å²) >= 11 is 0. The van der Waals surface area contributed by atoms with Gasteiger partial charge in [0.15, 0.2) is 0 Å². The first-order valence-corrected chi connectivity index (χ1v) is 3.53. The number of rotatable bonds is 5. The van der Waals surface area contributed by atoms with Gasteiger partial charge in [-0.3, -0.25) is 0 Å². The molecule has 1 nitrogen and oxygen atoms in total. The van der Waals surface area contributed by atoms with Crippen LogP contribution < -0.4 is 0 Å². The van der Waals surface area contributed by atoms with Crippen LogP contribution >= 0.6 is 0 Å². The molecule has 0 aromatic rings. The van der Waals surface area contributed by atoms with Gasteiger partial charge < -0.3 is 0 Å². The molecular formula is C7H14FO. The molecule has 0 aromatic heterocycles. The summed E-state index contributed by atoms with van der Waals surface area (Å²) in [6.45, 7) is 1.49. The highest BCUT2D eigenvalue weighted by Gasteiger charge is 2.02. The highest BCUT2D eigenvalue weighted by molar-refractivity contribution is 4.52. The summed E-state index contributed by atoms with van der Waals surface area (Å²) in [5, 5.41) is 9.85. The van der Waals surface area contributed by atoms with E-state index in [1.165, 1.54) is 0 Å². The lowest BCUT2D eigenvalue weighted by Gasteiger charge is -2.00. The van der Waals surface area contributed by atoms with Crippen molar-refractivity contribution < 1.29 is 9.50 Å². The maximum atomic E-state index is 12.1. The molecule has 0 heterocycles. The number of unbranched alkanes of at least 4 members (excludes halogenated alkanes) is 2. The monoisotopic (exact) mass is 133 g/mol. The van der Waals surface area contributed by atoms with E-state index in [4.69, 9.17) is 0 Å². The van der Waals surface area contributed by atoms with Gasteiger partial charge in [0.1, 0.15) is 12.8 Å². The molecule has 0 aliphatic rings. The minimum atomic E-state index is -1.10. The average Bonchev–Trinajstić information content (AvgIpc) is 1.89. The van der Waals surface area contributed by atoms with E-state index in [9.17, 15) is 9.50 Å². The quantitative estimate of drug-likeness (QED) is 0.513. The molecular weight excluding hydrogens is 119 g/mol. The molecule has 55 valence electrons. The minimum Gasteiger partial charge on any atom is -0.245 e. The maximum Gasteiger partial charge on any atom is 0.127 e. The topological polar surface area (TPSA) is 19.9 Å². The Labute approximate surface area is 55.9 Å². The van der Waals surface area contributed by atoms with E-state index in [-0.39, 0.29) is 0 Å². The summed E-state index contributed by atoms with van der Waals surface area (Å²) in [5.74, 6) is 0. The van der Waals surface area contributed by atoms with Gasteiger partial charge in [-0.25, -0.2) is 9.50 Å². The van der Waals surface area contributed by atoms with Gasteiger partial charge in [0, 0.05) is 0 Å². The largest absolute Gasteiger partial charge is 0.245 e. The van der Waals surface area contributed by atoms with Crippen LogP contribution in [0.3, 0.4) is 0 Å². The van der Waals surface area contributed by atoms with Crippen LogP contribution in [0.15, 0.2) is 0 Å². The molecule has 9 heavy (non-hydrogen) atoms. The summed E-state index contributed by atoms with van der Waals surface area (Å²) in [7, 11) is 0. The molecule has 1 unspecified atom stereocenters. The van der Waals surface area contributed by atoms with E-state index in [0.29, 0.717) is 6.42 Å². The Bertz CT molecular complexity index is 56.9. The molecule has 2 heteroatoms. The first-order valence-electron chi connectivity index (χ1n) is 3.53. The Hall–Kier alpha value is -0.110. The van der Waals surface area contributed by atoms with Crippen LogP contribution in [0.1, 0.15) is 32.6 Å². The predicted molar refractivity (Wildman–Crippen MR) is 34.6 cm³/mol. The summed E-state index contributed by atoms with van der Waals surface area (Å²) in [6, 6.07) is 0. The van der Waals surface area contributed by atoms with Crippen LogP contribution in [0.2, 0.25) is 0 Å². The van der Waals surface area contributed by atoms with Crippen molar-refractivity contribution in [3.05, 3.63) is 0 Å². The van der Waals surface area contributed by atoms with Gasteiger partial charge in [-0.05, 0) is 6.42 Å². The van der Waals surface area contributed by atoms with Crippen LogP contribution in [0.25, 0.3) is 0 Å². The molecule has 1 radical (unpaired) electrons. The van der Waals surface area contributed by atoms with Crippen LogP contribution in [-0.4, -0.2) is 12.8 Å². The van der Waals surface area contributed by atoms with Gasteiger partial charge in [0.25, 0.3) is 0 Å². The number of hydrogen-bond donors (Lipinski definition) is 0. The third-order valence-corrected chi connectivity index (χ3v) is 1.30. The van der Waals surface area contributed by atoms with E-state index in [2.05, 4.69) is 6.92 Å². The standard InChI is InChI=1S/C7H14FO/c1-2-3-4-5-7(8)6-9/h7H,2-6H2,1H3. The van der Waals surface area contributed by atoms with Gasteiger partial charge in [0.05, 0.1) is 0 Å². The van der Waals surface area contributed by atoms with E-state index < -0.39 is 12.8 Å². The lowest BCUT2D eigenvalue weighted by Crippen LogP contribution is -2.03. The number of halogens is 1. The number of hydrogen-bond acceptors (Lipinski definition) is 0. The Kier molecular flexibility index (Phi) is 5.94. The van der Waals surface area contributed by atoms with Crippen LogP contribution in [0.4, 0.5) is 4.39 Å². The van der Waals surface area contributed by atoms with Crippen molar-refractivity contribution >= 4 is 0 Å². The van der Waals surface area contributed by atoms with Gasteiger partial charge in [0.2, 0.25) is 0 Å². The molecule has 0 N–H and O–H groups in total. The second-order valence-corrected chi connectivity index (χ2v) is 2.26. The molecule has 0 fully saturated rings. The van der Waals surface area contributed by atoms with E-state index >= 15 is 0 Å². The highest BCUT2D eigenvalue weighted by Crippen LogP contribution is 2.05. The first kappa shape index (κ1) is 8.89. The van der Waals surface area contributed by atoms with E-state index in [1.807, 2.05) is 0 Å². The molecule has 0 aromatic carbocycles. The predicted octanol–water partition coefficient (Wildman–Crippen LogP) is 2.34. The Morgan fingerprint density at radius 3 is 2.56 bits per heavy atom. The fourth-order valence-corrected chi connectivity index (χ4v) is 0.699. The molecule has 0 amide bonds. The van der Waals surface area contributed by atoms with Crippen molar-refractivity contribution in [1.29, 1.82) is 0 Å². The van der Waals surface area contributed by atoms with Crippen molar-refractivity contribution in [2.75, 3.05) is 6.61 Å². The van der Waals surface area contributed by atoms with Crippen molar-refractivity contribution in [3.8, 4) is 0 Å². The zero-order chi connectivity index (χ0) is 7.11. The van der Waals surface area contributed by atoms with E-state index in [0.717, 1.165) is 19.3 Å². The van der Waals surface area contributed by atoms with Crippen molar-refractivity contribution in [2.45, 2.75) is 38.8 Å². The third-order valence-electron chi connectivity index (χ3n) is 1.30. The molecule has 0 aliphatic heterocycles. The smallest absolute Gasteiger partial charge is 0.127 e. The SMILES string of the molecule is CCCCCC(F)C[O]. The summed E-state index contributed by atoms with van der Waals surface area (Å²) in [4.78, 5) is 0. The first-order chi connectivity index (χ1) is 4.31. The highest BCUT2D eigenvalue weighted by atomic mass is 19.1. The van der Waals surface area contributed by atoms with Crippen molar-refractivity contribution in [3.63, 3.8) is 0 Å². The van der Waals surface area contributed by atoms with Gasteiger partial charge in [-0.2, -0.15) is 0 Å². The lowest BCUT2D eigenvalue weighted by atomic mass is 10.1. The van der Waals surface area contributed by atoms with Crippen LogP contribution in [0, 0.1) is 0 Å². The molecule has 1 atom stereocenters. The fourth-order valence-electron chi connectivity index (χ4n) is 0.699. The molecule has 0 saturated carbocycles. The second kappa shape index (κ2) is 6.02. The zero-order valence-electron chi connectivity index (χ0n) is 5.90. The molecule has 0 rings (SSSR count). The number of alkyl halides is 1. The van der Waals surface area contributed by atoms with Crippen LogP contribution in [0.5, 0.6) is 0 Å². The molecule has 0 aliphatic carbocycles. The van der Waals surface area contributed by atoms with E-state index in [1.54, 1.807) is 0 Å². The normalized spacial score (nSPS) is 13.7. The van der Waals surface area contributed by atoms with Crippen molar-refractivity contribution in [2.24, 2.45) is 0 Å². The Morgan fingerprint density at radius 2 is 2.11 bits per heavy atom. The molecule has 0 saturated heterocycles. The van der Waals surface area contributed by atoms with Crippen LogP contribution in [-0.2, 0) is 5.11 Å². The maximum absolute atomic E-state index is 12.1. The molecule has 0 bridgehead atoms. The fraction of sp³-hybridized carbons (Fsp3) is 1.00. The average molecular weight is 133 g/mol. The van der Waals surface area contributed by atoms with Gasteiger partial charge in [-0.15, -0.1) is 0 Å². The lowest BCUT2D eigenvalue weighted by molar-refractivity contribution is 0.108. The van der Waals surface area contributed by atoms with Crippen molar-refractivity contribution in [1.82, 2.24) is 0 Å². The Morgan fingerprint density at radius 1 is 1.44 bits per heavy atom. The van der Waals surface area contributed by atoms with Gasteiger partial charge >= 0.3 is 0 Å². The third kappa shape index (κ3) is 5.77. The van der Waals surface area contributed by atoms with Gasteiger partial charge in [-0.1, -0.05) is 26.2 Å². The molecule has 0 spiro atoms. The summed E-state index contributed by atoms with van der Waals surface area (Å²) < 4.78 is 12.1. The minimum absolute atomic E-state index is 0.456. The Balaban J connectivity index is 2.88. The summed E-state index contributed by atoms with van der Waals surface area (Å²) in [5.41, 5.74) is 0.